The predicted molar refractivity (Wildman–Crippen MR) is 109 cm³/mol. The third-order valence-electron chi connectivity index (χ3n) is 3.82. The van der Waals surface area contributed by atoms with E-state index in [4.69, 9.17) is 20.8 Å². The Morgan fingerprint density at radius 3 is 2.78 bits per heavy atom. The molecule has 0 saturated carbocycles. The summed E-state index contributed by atoms with van der Waals surface area (Å²) in [6.45, 7) is 1.88. The molecule has 0 aliphatic heterocycles. The summed E-state index contributed by atoms with van der Waals surface area (Å²) >= 11 is 7.45. The van der Waals surface area contributed by atoms with Gasteiger partial charge in [-0.1, -0.05) is 29.8 Å². The van der Waals surface area contributed by atoms with E-state index in [0.29, 0.717) is 28.1 Å². The second-order valence-electron chi connectivity index (χ2n) is 5.77. The van der Waals surface area contributed by atoms with Gasteiger partial charge in [0, 0.05) is 16.3 Å². The van der Waals surface area contributed by atoms with Crippen molar-refractivity contribution in [2.75, 3.05) is 18.2 Å². The third-order valence-corrected chi connectivity index (χ3v) is 5.00. The smallest absolute Gasteiger partial charge is 0.234 e. The van der Waals surface area contributed by atoms with Gasteiger partial charge in [0.25, 0.3) is 0 Å². The van der Waals surface area contributed by atoms with Crippen molar-refractivity contribution in [3.8, 4) is 17.2 Å². The number of aryl methyl sites for hydroxylation is 1. The Morgan fingerprint density at radius 1 is 1.26 bits per heavy atom. The zero-order chi connectivity index (χ0) is 19.2. The van der Waals surface area contributed by atoms with Crippen LogP contribution < -0.4 is 10.1 Å². The van der Waals surface area contributed by atoms with Gasteiger partial charge in [0.1, 0.15) is 11.5 Å². The molecule has 3 rings (SSSR count). The number of nitrogens with zero attached hydrogens (tertiary/aromatic N) is 1. The van der Waals surface area contributed by atoms with E-state index in [0.717, 1.165) is 17.0 Å². The first-order valence-corrected chi connectivity index (χ1v) is 9.83. The number of hydrogen-bond donors (Lipinski definition) is 1. The lowest BCUT2D eigenvalue weighted by Gasteiger charge is -2.10. The average Bonchev–Trinajstić information content (AvgIpc) is 3.03. The van der Waals surface area contributed by atoms with E-state index in [1.165, 1.54) is 11.8 Å². The molecule has 1 amide bonds. The normalized spacial score (nSPS) is 10.6. The van der Waals surface area contributed by atoms with Crippen molar-refractivity contribution in [2.45, 2.75) is 12.7 Å². The summed E-state index contributed by atoms with van der Waals surface area (Å²) in [5, 5.41) is 3.35. The Labute approximate surface area is 167 Å². The van der Waals surface area contributed by atoms with Crippen LogP contribution in [0.2, 0.25) is 5.02 Å². The number of anilines is 1. The van der Waals surface area contributed by atoms with Crippen molar-refractivity contribution in [1.29, 1.82) is 0 Å². The molecule has 5 nitrogen and oxygen atoms in total. The van der Waals surface area contributed by atoms with Crippen LogP contribution >= 0.6 is 23.4 Å². The SMILES string of the molecule is COc1ccc(Cl)cc1NC(=O)CSCc1nc(-c2ccccc2)oc1C. The zero-order valence-electron chi connectivity index (χ0n) is 15.0. The zero-order valence-corrected chi connectivity index (χ0v) is 16.6. The summed E-state index contributed by atoms with van der Waals surface area (Å²) in [5.41, 5.74) is 2.33. The molecule has 1 heterocycles. The van der Waals surface area contributed by atoms with Crippen LogP contribution in [-0.4, -0.2) is 23.8 Å². The fraction of sp³-hybridized carbons (Fsp3) is 0.200. The van der Waals surface area contributed by atoms with Gasteiger partial charge in [-0.2, -0.15) is 0 Å². The molecule has 0 atom stereocenters. The molecule has 0 fully saturated rings. The molecular weight excluding hydrogens is 384 g/mol. The number of amides is 1. The number of ether oxygens (including phenoxy) is 1. The first-order valence-electron chi connectivity index (χ1n) is 8.29. The predicted octanol–water partition coefficient (Wildman–Crippen LogP) is 5.18. The van der Waals surface area contributed by atoms with Crippen molar-refractivity contribution in [3.05, 3.63) is 65.0 Å². The molecule has 1 N–H and O–H groups in total. The number of oxazole rings is 1. The summed E-state index contributed by atoms with van der Waals surface area (Å²) in [5.74, 6) is 2.66. The van der Waals surface area contributed by atoms with Crippen LogP contribution in [-0.2, 0) is 10.5 Å². The number of methoxy groups -OCH3 is 1. The van der Waals surface area contributed by atoms with Gasteiger partial charge in [0.05, 0.1) is 24.2 Å². The highest BCUT2D eigenvalue weighted by molar-refractivity contribution is 7.99. The molecule has 0 radical (unpaired) electrons. The molecule has 0 spiro atoms. The maximum Gasteiger partial charge on any atom is 0.234 e. The van der Waals surface area contributed by atoms with Crippen LogP contribution in [0, 0.1) is 6.92 Å². The van der Waals surface area contributed by atoms with Crippen LogP contribution in [0.3, 0.4) is 0 Å². The highest BCUT2D eigenvalue weighted by atomic mass is 35.5. The van der Waals surface area contributed by atoms with E-state index < -0.39 is 0 Å². The quantitative estimate of drug-likeness (QED) is 0.589. The molecule has 7 heteroatoms. The maximum atomic E-state index is 12.2. The van der Waals surface area contributed by atoms with Crippen LogP contribution in [0.25, 0.3) is 11.5 Å². The number of aromatic nitrogens is 1. The Hall–Kier alpha value is -2.44. The third kappa shape index (κ3) is 5.05. The second-order valence-corrected chi connectivity index (χ2v) is 7.20. The first-order chi connectivity index (χ1) is 13.1. The molecule has 0 bridgehead atoms. The van der Waals surface area contributed by atoms with Gasteiger partial charge in [-0.05, 0) is 37.3 Å². The number of halogens is 1. The molecule has 0 unspecified atom stereocenters. The van der Waals surface area contributed by atoms with Crippen LogP contribution in [0.4, 0.5) is 5.69 Å². The van der Waals surface area contributed by atoms with Crippen molar-refractivity contribution >= 4 is 35.0 Å². The number of carbonyl (C=O) groups is 1. The molecular formula is C20H19ClN2O3S. The lowest BCUT2D eigenvalue weighted by atomic mass is 10.2. The average molecular weight is 403 g/mol. The fourth-order valence-corrected chi connectivity index (χ4v) is 3.46. The Kier molecular flexibility index (Phi) is 6.42. The number of rotatable bonds is 7. The molecule has 0 aliphatic rings. The number of benzene rings is 2. The molecule has 0 aliphatic carbocycles. The Morgan fingerprint density at radius 2 is 2.04 bits per heavy atom. The van der Waals surface area contributed by atoms with E-state index in [2.05, 4.69) is 10.3 Å². The lowest BCUT2D eigenvalue weighted by molar-refractivity contribution is -0.113. The Balaban J connectivity index is 1.56. The maximum absolute atomic E-state index is 12.2. The van der Waals surface area contributed by atoms with Crippen LogP contribution in [0.1, 0.15) is 11.5 Å². The monoisotopic (exact) mass is 402 g/mol. The molecule has 27 heavy (non-hydrogen) atoms. The van der Waals surface area contributed by atoms with Gasteiger partial charge < -0.3 is 14.5 Å². The molecule has 0 saturated heterocycles. The topological polar surface area (TPSA) is 64.4 Å². The van der Waals surface area contributed by atoms with Gasteiger partial charge in [-0.3, -0.25) is 4.79 Å². The van der Waals surface area contributed by atoms with Gasteiger partial charge in [-0.15, -0.1) is 11.8 Å². The van der Waals surface area contributed by atoms with Gasteiger partial charge >= 0.3 is 0 Å². The molecule has 1 aromatic heterocycles. The van der Waals surface area contributed by atoms with Crippen molar-refractivity contribution in [1.82, 2.24) is 4.98 Å². The summed E-state index contributed by atoms with van der Waals surface area (Å²) in [6, 6.07) is 14.8. The lowest BCUT2D eigenvalue weighted by Crippen LogP contribution is -2.15. The van der Waals surface area contributed by atoms with Crippen LogP contribution in [0.5, 0.6) is 5.75 Å². The van der Waals surface area contributed by atoms with E-state index in [1.54, 1.807) is 25.3 Å². The minimum atomic E-state index is -0.134. The van der Waals surface area contributed by atoms with E-state index in [9.17, 15) is 4.79 Å². The van der Waals surface area contributed by atoms with E-state index in [-0.39, 0.29) is 11.7 Å². The minimum absolute atomic E-state index is 0.134. The van der Waals surface area contributed by atoms with Gasteiger partial charge in [0.2, 0.25) is 11.8 Å². The second kappa shape index (κ2) is 8.97. The summed E-state index contributed by atoms with van der Waals surface area (Å²) in [7, 11) is 1.55. The van der Waals surface area contributed by atoms with E-state index >= 15 is 0 Å². The minimum Gasteiger partial charge on any atom is -0.495 e. The number of thioether (sulfide) groups is 1. The van der Waals surface area contributed by atoms with Gasteiger partial charge in [0.15, 0.2) is 0 Å². The molecule has 2 aromatic carbocycles. The Bertz CT molecular complexity index is 928. The highest BCUT2D eigenvalue weighted by Crippen LogP contribution is 2.28. The number of hydrogen-bond acceptors (Lipinski definition) is 5. The summed E-state index contributed by atoms with van der Waals surface area (Å²) < 4.78 is 11.0. The summed E-state index contributed by atoms with van der Waals surface area (Å²) in [4.78, 5) is 16.8. The first kappa shape index (κ1) is 19.3. The highest BCUT2D eigenvalue weighted by Gasteiger charge is 2.13. The van der Waals surface area contributed by atoms with Crippen LogP contribution in [0.15, 0.2) is 52.9 Å². The molecule has 3 aromatic rings. The largest absolute Gasteiger partial charge is 0.495 e. The van der Waals surface area contributed by atoms with Crippen molar-refractivity contribution in [3.63, 3.8) is 0 Å². The van der Waals surface area contributed by atoms with Gasteiger partial charge in [-0.25, -0.2) is 4.98 Å². The fourth-order valence-electron chi connectivity index (χ4n) is 2.47. The van der Waals surface area contributed by atoms with Crippen molar-refractivity contribution in [2.24, 2.45) is 0 Å². The number of carbonyl (C=O) groups excluding carboxylic acids is 1. The number of nitrogens with one attached hydrogen (secondary N) is 1. The summed E-state index contributed by atoms with van der Waals surface area (Å²) in [6.07, 6.45) is 0. The standard InChI is InChI=1S/C20H19ClN2O3S/c1-13-17(23-20(26-13)14-6-4-3-5-7-14)11-27-12-19(24)22-16-10-15(21)8-9-18(16)25-2/h3-10H,11-12H2,1-2H3,(H,22,24). The molecule has 140 valence electrons. The van der Waals surface area contributed by atoms with Crippen molar-refractivity contribution < 1.29 is 13.9 Å². The van der Waals surface area contributed by atoms with E-state index in [1.807, 2.05) is 37.3 Å².